The van der Waals surface area contributed by atoms with Gasteiger partial charge in [0.2, 0.25) is 0 Å². The van der Waals surface area contributed by atoms with Gasteiger partial charge in [-0.25, -0.2) is 0 Å². The first-order valence-corrected chi connectivity index (χ1v) is 6.07. The Bertz CT molecular complexity index is 520. The van der Waals surface area contributed by atoms with Gasteiger partial charge in [-0.05, 0) is 30.8 Å². The van der Waals surface area contributed by atoms with Crippen molar-refractivity contribution in [2.75, 3.05) is 20.1 Å². The van der Waals surface area contributed by atoms with Gasteiger partial charge in [-0.15, -0.1) is 0 Å². The van der Waals surface area contributed by atoms with E-state index < -0.39 is 0 Å². The Kier molecular flexibility index (Phi) is 2.79. The zero-order valence-corrected chi connectivity index (χ0v) is 10.1. The molecular formula is C14H17N3. The number of hydrogen-bond acceptors (Lipinski definition) is 3. The summed E-state index contributed by atoms with van der Waals surface area (Å²) < 4.78 is 0. The Morgan fingerprint density at radius 3 is 3.00 bits per heavy atom. The molecule has 0 spiro atoms. The third-order valence-electron chi connectivity index (χ3n) is 3.48. The zero-order chi connectivity index (χ0) is 11.7. The number of benzene rings is 1. The van der Waals surface area contributed by atoms with Crippen molar-refractivity contribution in [2.24, 2.45) is 0 Å². The van der Waals surface area contributed by atoms with E-state index in [2.05, 4.69) is 46.5 Å². The molecule has 0 radical (unpaired) electrons. The summed E-state index contributed by atoms with van der Waals surface area (Å²) in [6.07, 6.45) is 1.84. The predicted molar refractivity (Wildman–Crippen MR) is 69.9 cm³/mol. The predicted octanol–water partition coefficient (Wildman–Crippen LogP) is 1.64. The molecule has 2 heterocycles. The number of nitrogens with one attached hydrogen (secondary N) is 1. The molecule has 0 saturated carbocycles. The van der Waals surface area contributed by atoms with E-state index in [0.717, 1.165) is 25.2 Å². The Morgan fingerprint density at radius 1 is 1.35 bits per heavy atom. The van der Waals surface area contributed by atoms with Crippen LogP contribution in [0.4, 0.5) is 0 Å². The first kappa shape index (κ1) is 10.7. The molecule has 2 aromatic rings. The van der Waals surface area contributed by atoms with Gasteiger partial charge in [0.25, 0.3) is 0 Å². The van der Waals surface area contributed by atoms with Crippen LogP contribution >= 0.6 is 0 Å². The van der Waals surface area contributed by atoms with Crippen molar-refractivity contribution in [2.45, 2.75) is 12.6 Å². The summed E-state index contributed by atoms with van der Waals surface area (Å²) >= 11 is 0. The fraction of sp³-hybridized carbons (Fsp3) is 0.357. The highest BCUT2D eigenvalue weighted by Gasteiger charge is 2.21. The van der Waals surface area contributed by atoms with Crippen molar-refractivity contribution < 1.29 is 0 Å². The summed E-state index contributed by atoms with van der Waals surface area (Å²) in [5, 5.41) is 4.53. The topological polar surface area (TPSA) is 28.2 Å². The molecule has 1 aliphatic heterocycles. The lowest BCUT2D eigenvalue weighted by Gasteiger charge is -2.35. The smallest absolute Gasteiger partial charge is 0.0702 e. The van der Waals surface area contributed by atoms with Crippen molar-refractivity contribution >= 4 is 10.9 Å². The minimum Gasteiger partial charge on any atom is -0.314 e. The van der Waals surface area contributed by atoms with E-state index in [0.29, 0.717) is 6.04 Å². The molecule has 1 aromatic carbocycles. The molecule has 0 amide bonds. The standard InChI is InChI=1S/C14H17N3/c1-17(13-8-15-9-13)10-11-4-5-14-12(7-11)3-2-6-16-14/h2-7,13,15H,8-10H2,1H3. The summed E-state index contributed by atoms with van der Waals surface area (Å²) in [6, 6.07) is 11.3. The molecule has 1 N–H and O–H groups in total. The van der Waals surface area contributed by atoms with Crippen LogP contribution in [0.5, 0.6) is 0 Å². The lowest BCUT2D eigenvalue weighted by Crippen LogP contribution is -2.55. The second kappa shape index (κ2) is 4.43. The molecule has 0 aliphatic carbocycles. The average Bonchev–Trinajstić information content (AvgIpc) is 2.26. The first-order valence-electron chi connectivity index (χ1n) is 6.07. The Morgan fingerprint density at radius 2 is 2.24 bits per heavy atom. The van der Waals surface area contributed by atoms with Crippen molar-refractivity contribution in [3.05, 3.63) is 42.1 Å². The summed E-state index contributed by atoms with van der Waals surface area (Å²) in [5.41, 5.74) is 2.43. The summed E-state index contributed by atoms with van der Waals surface area (Å²) in [5.74, 6) is 0. The van der Waals surface area contributed by atoms with Gasteiger partial charge in [0.05, 0.1) is 5.52 Å². The van der Waals surface area contributed by atoms with E-state index >= 15 is 0 Å². The van der Waals surface area contributed by atoms with Gasteiger partial charge in [0.15, 0.2) is 0 Å². The van der Waals surface area contributed by atoms with E-state index in [-0.39, 0.29) is 0 Å². The van der Waals surface area contributed by atoms with Gasteiger partial charge in [-0.1, -0.05) is 12.1 Å². The zero-order valence-electron chi connectivity index (χ0n) is 10.1. The lowest BCUT2D eigenvalue weighted by molar-refractivity contribution is 0.173. The SMILES string of the molecule is CN(Cc1ccc2ncccc2c1)C1CNC1. The number of hydrogen-bond donors (Lipinski definition) is 1. The average molecular weight is 227 g/mol. The van der Waals surface area contributed by atoms with Gasteiger partial charge >= 0.3 is 0 Å². The van der Waals surface area contributed by atoms with Crippen LogP contribution in [-0.2, 0) is 6.54 Å². The fourth-order valence-corrected chi connectivity index (χ4v) is 2.23. The molecule has 1 aromatic heterocycles. The van der Waals surface area contributed by atoms with E-state index in [1.165, 1.54) is 10.9 Å². The van der Waals surface area contributed by atoms with Gasteiger partial charge in [0, 0.05) is 37.3 Å². The van der Waals surface area contributed by atoms with Gasteiger partial charge in [0.1, 0.15) is 0 Å². The largest absolute Gasteiger partial charge is 0.314 e. The molecule has 88 valence electrons. The summed E-state index contributed by atoms with van der Waals surface area (Å²) in [4.78, 5) is 6.75. The highest BCUT2D eigenvalue weighted by Crippen LogP contribution is 2.15. The number of rotatable bonds is 3. The Hall–Kier alpha value is -1.45. The molecule has 0 atom stereocenters. The van der Waals surface area contributed by atoms with E-state index in [9.17, 15) is 0 Å². The van der Waals surface area contributed by atoms with Crippen LogP contribution in [0.2, 0.25) is 0 Å². The van der Waals surface area contributed by atoms with Crippen molar-refractivity contribution in [1.29, 1.82) is 0 Å². The van der Waals surface area contributed by atoms with Crippen molar-refractivity contribution in [3.63, 3.8) is 0 Å². The monoisotopic (exact) mass is 227 g/mol. The third-order valence-corrected chi connectivity index (χ3v) is 3.48. The molecule has 17 heavy (non-hydrogen) atoms. The summed E-state index contributed by atoms with van der Waals surface area (Å²) in [6.45, 7) is 3.24. The van der Waals surface area contributed by atoms with E-state index in [1.807, 2.05) is 12.3 Å². The minimum atomic E-state index is 0.694. The lowest BCUT2D eigenvalue weighted by atomic mass is 10.1. The first-order chi connectivity index (χ1) is 8.33. The molecule has 1 saturated heterocycles. The van der Waals surface area contributed by atoms with Crippen LogP contribution in [0.1, 0.15) is 5.56 Å². The van der Waals surface area contributed by atoms with Crippen LogP contribution in [0.25, 0.3) is 10.9 Å². The van der Waals surface area contributed by atoms with Crippen LogP contribution < -0.4 is 5.32 Å². The second-order valence-corrected chi connectivity index (χ2v) is 4.76. The molecule has 1 aliphatic rings. The highest BCUT2D eigenvalue weighted by molar-refractivity contribution is 5.78. The second-order valence-electron chi connectivity index (χ2n) is 4.76. The van der Waals surface area contributed by atoms with Gasteiger partial charge in [-0.2, -0.15) is 0 Å². The minimum absolute atomic E-state index is 0.694. The number of nitrogens with zero attached hydrogens (tertiary/aromatic N) is 2. The molecule has 3 heteroatoms. The molecule has 0 unspecified atom stereocenters. The van der Waals surface area contributed by atoms with Crippen molar-refractivity contribution in [1.82, 2.24) is 15.2 Å². The third kappa shape index (κ3) is 2.16. The van der Waals surface area contributed by atoms with Crippen LogP contribution in [-0.4, -0.2) is 36.1 Å². The molecular weight excluding hydrogens is 210 g/mol. The number of fused-ring (bicyclic) bond motifs is 1. The number of pyridine rings is 1. The normalized spacial score (nSPS) is 16.4. The Labute approximate surface area is 101 Å². The van der Waals surface area contributed by atoms with E-state index in [1.54, 1.807) is 0 Å². The van der Waals surface area contributed by atoms with Crippen LogP contribution in [0.3, 0.4) is 0 Å². The molecule has 1 fully saturated rings. The highest BCUT2D eigenvalue weighted by atomic mass is 15.2. The van der Waals surface area contributed by atoms with Gasteiger partial charge in [-0.3, -0.25) is 9.88 Å². The molecule has 3 rings (SSSR count). The quantitative estimate of drug-likeness (QED) is 0.864. The number of likely N-dealkylation sites (N-methyl/N-ethyl adjacent to an activating group) is 1. The maximum atomic E-state index is 4.34. The van der Waals surface area contributed by atoms with Gasteiger partial charge < -0.3 is 5.32 Å². The van der Waals surface area contributed by atoms with E-state index in [4.69, 9.17) is 0 Å². The molecule has 0 bridgehead atoms. The summed E-state index contributed by atoms with van der Waals surface area (Å²) in [7, 11) is 2.19. The van der Waals surface area contributed by atoms with Crippen molar-refractivity contribution in [3.8, 4) is 0 Å². The maximum Gasteiger partial charge on any atom is 0.0702 e. The maximum absolute atomic E-state index is 4.34. The molecule has 3 nitrogen and oxygen atoms in total. The Balaban J connectivity index is 1.80. The van der Waals surface area contributed by atoms with Crippen LogP contribution in [0.15, 0.2) is 36.5 Å². The number of aromatic nitrogens is 1. The van der Waals surface area contributed by atoms with Crippen LogP contribution in [0, 0.1) is 0 Å². The fourth-order valence-electron chi connectivity index (χ4n) is 2.23.